The molecule has 0 spiro atoms. The van der Waals surface area contributed by atoms with Gasteiger partial charge in [0.25, 0.3) is 5.91 Å². The van der Waals surface area contributed by atoms with Crippen LogP contribution in [-0.4, -0.2) is 29.2 Å². The molecule has 1 heterocycles. The summed E-state index contributed by atoms with van der Waals surface area (Å²) in [7, 11) is 0. The van der Waals surface area contributed by atoms with Crippen LogP contribution in [0.5, 0.6) is 0 Å². The van der Waals surface area contributed by atoms with Crippen molar-refractivity contribution in [2.45, 2.75) is 18.9 Å². The number of rotatable bonds is 4. The molecule has 0 saturated carbocycles. The number of fused-ring (bicyclic) bond motifs is 3. The first-order chi connectivity index (χ1) is 14.9. The van der Waals surface area contributed by atoms with Gasteiger partial charge < -0.3 is 5.32 Å². The Morgan fingerprint density at radius 3 is 2.58 bits per heavy atom. The monoisotopic (exact) mass is 430 g/mol. The minimum atomic E-state index is -1.26. The van der Waals surface area contributed by atoms with Crippen LogP contribution in [0, 0.1) is 0 Å². The number of carbonyl (C=O) groups excluding carboxylic acids is 3. The second-order valence-corrected chi connectivity index (χ2v) is 8.52. The molecule has 1 aliphatic carbocycles. The van der Waals surface area contributed by atoms with E-state index in [1.807, 2.05) is 30.3 Å². The fourth-order valence-electron chi connectivity index (χ4n) is 4.37. The maximum absolute atomic E-state index is 13.1. The summed E-state index contributed by atoms with van der Waals surface area (Å²) in [5, 5.41) is 3.18. The summed E-state index contributed by atoms with van der Waals surface area (Å²) in [5.74, 6) is -0.759. The molecule has 0 bridgehead atoms. The van der Waals surface area contributed by atoms with Crippen molar-refractivity contribution in [3.8, 4) is 11.1 Å². The van der Waals surface area contributed by atoms with Gasteiger partial charge in [-0.25, -0.2) is 4.79 Å². The van der Waals surface area contributed by atoms with Gasteiger partial charge in [0.2, 0.25) is 0 Å². The van der Waals surface area contributed by atoms with Crippen LogP contribution in [0.15, 0.2) is 66.7 Å². The maximum atomic E-state index is 13.1. The van der Waals surface area contributed by atoms with Gasteiger partial charge in [0.05, 0.1) is 6.54 Å². The summed E-state index contributed by atoms with van der Waals surface area (Å²) in [6, 6.07) is 19.9. The molecule has 3 aromatic carbocycles. The van der Waals surface area contributed by atoms with E-state index in [0.29, 0.717) is 16.1 Å². The average molecular weight is 431 g/mol. The number of nitrogens with one attached hydrogen (secondary N) is 1. The Balaban J connectivity index is 1.41. The topological polar surface area (TPSA) is 66.5 Å². The molecule has 5 rings (SSSR count). The van der Waals surface area contributed by atoms with E-state index in [4.69, 9.17) is 11.6 Å². The van der Waals surface area contributed by atoms with Crippen molar-refractivity contribution in [3.63, 3.8) is 0 Å². The number of nitrogens with zero attached hydrogens (tertiary/aromatic N) is 1. The molecule has 2 aliphatic rings. The van der Waals surface area contributed by atoms with Crippen LogP contribution in [-0.2, 0) is 16.8 Å². The molecular weight excluding hydrogens is 412 g/mol. The molecule has 1 atom stereocenters. The number of imide groups is 1. The summed E-state index contributed by atoms with van der Waals surface area (Å²) in [6.45, 7) is 1.30. The first-order valence-corrected chi connectivity index (χ1v) is 10.4. The Bertz CT molecular complexity index is 1270. The minimum absolute atomic E-state index is 0.286. The number of Topliss-reactive ketones (excluding diaryl/α,β-unsaturated/α-hetero) is 1. The van der Waals surface area contributed by atoms with Crippen molar-refractivity contribution >= 4 is 29.3 Å². The number of halogens is 1. The van der Waals surface area contributed by atoms with Crippen molar-refractivity contribution < 1.29 is 14.4 Å². The van der Waals surface area contributed by atoms with Gasteiger partial charge in [0, 0.05) is 10.6 Å². The molecule has 154 valence electrons. The van der Waals surface area contributed by atoms with Crippen molar-refractivity contribution in [1.82, 2.24) is 10.2 Å². The minimum Gasteiger partial charge on any atom is -0.319 e. The molecule has 1 aliphatic heterocycles. The standard InChI is InChI=1S/C25H19ClN2O3/c1-25(18-6-4-7-19(26)13-18)23(30)28(24(31)27-25)14-22(29)17-10-9-16-11-15-5-2-3-8-20(15)21(16)12-17/h2-10,12-13H,11,14H2,1H3,(H,27,31). The third kappa shape index (κ3) is 3.13. The Kier molecular flexibility index (Phi) is 4.45. The number of urea groups is 1. The molecule has 31 heavy (non-hydrogen) atoms. The number of carbonyl (C=O) groups is 3. The predicted octanol–water partition coefficient (Wildman–Crippen LogP) is 4.56. The van der Waals surface area contributed by atoms with Crippen LogP contribution in [0.2, 0.25) is 5.02 Å². The summed E-state index contributed by atoms with van der Waals surface area (Å²) in [4.78, 5) is 39.7. The molecule has 0 aromatic heterocycles. The summed E-state index contributed by atoms with van der Waals surface area (Å²) < 4.78 is 0. The van der Waals surface area contributed by atoms with Crippen LogP contribution in [0.1, 0.15) is 34.0 Å². The number of hydrogen-bond donors (Lipinski definition) is 1. The van der Waals surface area contributed by atoms with Gasteiger partial charge in [0.15, 0.2) is 5.78 Å². The fraction of sp³-hybridized carbons (Fsp3) is 0.160. The van der Waals surface area contributed by atoms with Gasteiger partial charge in [-0.2, -0.15) is 0 Å². The lowest BCUT2D eigenvalue weighted by atomic mass is 9.92. The second kappa shape index (κ2) is 7.06. The largest absolute Gasteiger partial charge is 0.325 e. The average Bonchev–Trinajstić information content (AvgIpc) is 3.24. The molecule has 1 fully saturated rings. The highest BCUT2D eigenvalue weighted by molar-refractivity contribution is 6.30. The summed E-state index contributed by atoms with van der Waals surface area (Å²) in [6.07, 6.45) is 0.838. The van der Waals surface area contributed by atoms with E-state index in [9.17, 15) is 14.4 Å². The van der Waals surface area contributed by atoms with Crippen molar-refractivity contribution in [2.24, 2.45) is 0 Å². The predicted molar refractivity (Wildman–Crippen MR) is 118 cm³/mol. The number of amides is 3. The smallest absolute Gasteiger partial charge is 0.319 e. The zero-order chi connectivity index (χ0) is 21.8. The fourth-order valence-corrected chi connectivity index (χ4v) is 4.56. The molecule has 3 aromatic rings. The summed E-state index contributed by atoms with van der Waals surface area (Å²) in [5.41, 5.74) is 4.33. The highest BCUT2D eigenvalue weighted by Crippen LogP contribution is 2.37. The number of hydrogen-bond acceptors (Lipinski definition) is 3. The second-order valence-electron chi connectivity index (χ2n) is 8.09. The Hall–Kier alpha value is -3.44. The highest BCUT2D eigenvalue weighted by Gasteiger charge is 2.49. The van der Waals surface area contributed by atoms with E-state index in [2.05, 4.69) is 11.4 Å². The van der Waals surface area contributed by atoms with Gasteiger partial charge in [-0.1, -0.05) is 60.1 Å². The van der Waals surface area contributed by atoms with Crippen molar-refractivity contribution in [2.75, 3.05) is 6.54 Å². The highest BCUT2D eigenvalue weighted by atomic mass is 35.5. The first-order valence-electron chi connectivity index (χ1n) is 10.0. The molecule has 5 nitrogen and oxygen atoms in total. The third-order valence-electron chi connectivity index (χ3n) is 6.10. The number of ketones is 1. The SMILES string of the molecule is CC1(c2cccc(Cl)c2)NC(=O)N(CC(=O)c2ccc3c(c2)-c2ccccc2C3)C1=O. The molecule has 1 saturated heterocycles. The molecule has 3 amide bonds. The Morgan fingerprint density at radius 2 is 1.77 bits per heavy atom. The van der Waals surface area contributed by atoms with Crippen molar-refractivity contribution in [1.29, 1.82) is 0 Å². The lowest BCUT2D eigenvalue weighted by molar-refractivity contribution is -0.130. The lowest BCUT2D eigenvalue weighted by Crippen LogP contribution is -2.41. The Morgan fingerprint density at radius 1 is 1.00 bits per heavy atom. The van der Waals surface area contributed by atoms with Crippen LogP contribution in [0.3, 0.4) is 0 Å². The number of benzene rings is 3. The van der Waals surface area contributed by atoms with Crippen LogP contribution in [0.4, 0.5) is 4.79 Å². The summed E-state index contributed by atoms with van der Waals surface area (Å²) >= 11 is 6.06. The van der Waals surface area contributed by atoms with E-state index in [1.54, 1.807) is 37.3 Å². The third-order valence-corrected chi connectivity index (χ3v) is 6.33. The maximum Gasteiger partial charge on any atom is 0.325 e. The van der Waals surface area contributed by atoms with Crippen LogP contribution in [0.25, 0.3) is 11.1 Å². The van der Waals surface area contributed by atoms with Gasteiger partial charge in [-0.05, 0) is 59.4 Å². The van der Waals surface area contributed by atoms with E-state index in [-0.39, 0.29) is 12.3 Å². The first kappa shape index (κ1) is 19.5. The van der Waals surface area contributed by atoms with E-state index >= 15 is 0 Å². The van der Waals surface area contributed by atoms with Crippen molar-refractivity contribution in [3.05, 3.63) is 94.0 Å². The molecule has 1 N–H and O–H groups in total. The van der Waals surface area contributed by atoms with E-state index in [1.165, 1.54) is 11.1 Å². The van der Waals surface area contributed by atoms with Gasteiger partial charge in [0.1, 0.15) is 5.54 Å². The van der Waals surface area contributed by atoms with Gasteiger partial charge in [-0.15, -0.1) is 0 Å². The van der Waals surface area contributed by atoms with Gasteiger partial charge in [-0.3, -0.25) is 14.5 Å². The van der Waals surface area contributed by atoms with Crippen LogP contribution >= 0.6 is 11.6 Å². The Labute approximate surface area is 184 Å². The quantitative estimate of drug-likeness (QED) is 0.381. The molecule has 0 radical (unpaired) electrons. The van der Waals surface area contributed by atoms with E-state index < -0.39 is 17.5 Å². The molecule has 1 unspecified atom stereocenters. The lowest BCUT2D eigenvalue weighted by Gasteiger charge is -2.22. The normalized spacial score (nSPS) is 19.2. The van der Waals surface area contributed by atoms with Crippen LogP contribution < -0.4 is 5.32 Å². The van der Waals surface area contributed by atoms with E-state index in [0.717, 1.165) is 22.4 Å². The molecule has 6 heteroatoms. The zero-order valence-electron chi connectivity index (χ0n) is 16.8. The zero-order valence-corrected chi connectivity index (χ0v) is 17.6. The molecular formula is C25H19ClN2O3. The van der Waals surface area contributed by atoms with Gasteiger partial charge >= 0.3 is 6.03 Å².